The fourth-order valence-electron chi connectivity index (χ4n) is 2.15. The van der Waals surface area contributed by atoms with E-state index >= 15 is 0 Å². The van der Waals surface area contributed by atoms with Crippen LogP contribution in [0.1, 0.15) is 4.88 Å². The largest absolute Gasteiger partial charge is 0.495 e. The van der Waals surface area contributed by atoms with E-state index in [0.717, 1.165) is 11.4 Å². The summed E-state index contributed by atoms with van der Waals surface area (Å²) in [6.07, 6.45) is 0. The first kappa shape index (κ1) is 16.9. The molecule has 0 bridgehead atoms. The van der Waals surface area contributed by atoms with Gasteiger partial charge in [0.05, 0.1) is 29.6 Å². The molecule has 0 radical (unpaired) electrons. The number of amides is 1. The zero-order valence-corrected chi connectivity index (χ0v) is 13.7. The number of likely N-dealkylation sites (N-methyl/N-ethyl adjacent to an activating group) is 1. The van der Waals surface area contributed by atoms with Crippen LogP contribution in [-0.2, 0) is 11.3 Å². The van der Waals surface area contributed by atoms with E-state index in [-0.39, 0.29) is 18.1 Å². The molecule has 1 atom stereocenters. The van der Waals surface area contributed by atoms with E-state index in [1.54, 1.807) is 11.3 Å². The summed E-state index contributed by atoms with van der Waals surface area (Å²) in [7, 11) is 3.37. The van der Waals surface area contributed by atoms with E-state index in [4.69, 9.17) is 4.74 Å². The highest BCUT2D eigenvalue weighted by molar-refractivity contribution is 7.09. The van der Waals surface area contributed by atoms with Crippen molar-refractivity contribution in [3.63, 3.8) is 0 Å². The minimum atomic E-state index is -0.511. The van der Waals surface area contributed by atoms with Crippen molar-refractivity contribution < 1.29 is 19.4 Å². The molecule has 0 aliphatic heterocycles. The van der Waals surface area contributed by atoms with E-state index < -0.39 is 4.92 Å². The number of nitro groups is 1. The first-order chi connectivity index (χ1) is 11.0. The number of methoxy groups -OCH3 is 1. The lowest BCUT2D eigenvalue weighted by atomic mass is 10.2. The van der Waals surface area contributed by atoms with E-state index in [2.05, 4.69) is 5.32 Å². The number of carbonyl (C=O) groups is 1. The van der Waals surface area contributed by atoms with E-state index in [1.165, 1.54) is 30.2 Å². The molecule has 0 fully saturated rings. The molecule has 1 unspecified atom stereocenters. The number of nitrogens with one attached hydrogen (secondary N) is 2. The summed E-state index contributed by atoms with van der Waals surface area (Å²) >= 11 is 1.65. The predicted molar refractivity (Wildman–Crippen MR) is 88.1 cm³/mol. The van der Waals surface area contributed by atoms with Crippen LogP contribution in [0.2, 0.25) is 0 Å². The van der Waals surface area contributed by atoms with Crippen LogP contribution >= 0.6 is 11.3 Å². The van der Waals surface area contributed by atoms with Crippen molar-refractivity contribution in [2.45, 2.75) is 6.54 Å². The van der Waals surface area contributed by atoms with Crippen LogP contribution in [-0.4, -0.2) is 31.5 Å². The van der Waals surface area contributed by atoms with Crippen molar-refractivity contribution >= 4 is 28.6 Å². The molecule has 0 spiro atoms. The molecule has 1 aromatic carbocycles. The van der Waals surface area contributed by atoms with Crippen molar-refractivity contribution in [3.05, 3.63) is 50.7 Å². The average molecular weight is 336 g/mol. The molecule has 0 saturated carbocycles. The average Bonchev–Trinajstić information content (AvgIpc) is 2.99. The Labute approximate surface area is 137 Å². The summed E-state index contributed by atoms with van der Waals surface area (Å²) in [5.41, 5.74) is 0.205. The number of benzene rings is 1. The molecule has 2 N–H and O–H groups in total. The Kier molecular flexibility index (Phi) is 5.67. The van der Waals surface area contributed by atoms with Gasteiger partial charge in [-0.05, 0) is 17.5 Å². The molecule has 1 amide bonds. The van der Waals surface area contributed by atoms with Gasteiger partial charge in [-0.3, -0.25) is 14.9 Å². The van der Waals surface area contributed by atoms with Crippen LogP contribution in [0, 0.1) is 10.1 Å². The summed E-state index contributed by atoms with van der Waals surface area (Å²) in [4.78, 5) is 24.7. The van der Waals surface area contributed by atoms with Crippen molar-refractivity contribution in [1.29, 1.82) is 0 Å². The van der Waals surface area contributed by atoms with Gasteiger partial charge in [0.25, 0.3) is 11.6 Å². The maximum Gasteiger partial charge on any atom is 0.279 e. The summed E-state index contributed by atoms with van der Waals surface area (Å²) in [5, 5.41) is 15.5. The maximum atomic E-state index is 12.1. The number of hydrogen-bond acceptors (Lipinski definition) is 5. The number of nitrogens with zero attached hydrogens (tertiary/aromatic N) is 1. The third kappa shape index (κ3) is 4.76. The number of non-ortho nitro benzene ring substituents is 1. The number of quaternary nitrogens is 1. The van der Waals surface area contributed by atoms with Crippen molar-refractivity contribution in [2.24, 2.45) is 0 Å². The highest BCUT2D eigenvalue weighted by Gasteiger charge is 2.16. The molecule has 8 heteroatoms. The summed E-state index contributed by atoms with van der Waals surface area (Å²) in [5.74, 6) is 0.165. The molecule has 0 saturated heterocycles. The number of anilines is 1. The van der Waals surface area contributed by atoms with Gasteiger partial charge in [-0.25, -0.2) is 0 Å². The molecule has 2 rings (SSSR count). The van der Waals surface area contributed by atoms with Crippen LogP contribution in [0.3, 0.4) is 0 Å². The minimum absolute atomic E-state index is 0.0969. The zero-order chi connectivity index (χ0) is 16.8. The molecule has 1 aromatic heterocycles. The molecule has 122 valence electrons. The van der Waals surface area contributed by atoms with Gasteiger partial charge < -0.3 is 15.0 Å². The lowest BCUT2D eigenvalue weighted by Crippen LogP contribution is -3.08. The third-order valence-corrected chi connectivity index (χ3v) is 4.06. The minimum Gasteiger partial charge on any atom is -0.495 e. The van der Waals surface area contributed by atoms with Gasteiger partial charge in [-0.2, -0.15) is 0 Å². The number of thiophene rings is 1. The zero-order valence-electron chi connectivity index (χ0n) is 12.9. The number of rotatable bonds is 7. The molecule has 2 aromatic rings. The van der Waals surface area contributed by atoms with Crippen molar-refractivity contribution in [1.82, 2.24) is 0 Å². The van der Waals surface area contributed by atoms with Crippen molar-refractivity contribution in [3.8, 4) is 5.75 Å². The van der Waals surface area contributed by atoms with Crippen LogP contribution in [0.15, 0.2) is 35.7 Å². The Morgan fingerprint density at radius 2 is 2.22 bits per heavy atom. The lowest BCUT2D eigenvalue weighted by molar-refractivity contribution is -0.884. The molecule has 23 heavy (non-hydrogen) atoms. The standard InChI is InChI=1S/C15H17N3O4S/c1-17(9-12-4-3-7-23-12)10-15(19)16-13-8-11(18(20)21)5-6-14(13)22-2/h3-8H,9-10H2,1-2H3,(H,16,19)/p+1. The van der Waals surface area contributed by atoms with Gasteiger partial charge >= 0.3 is 0 Å². The number of carbonyl (C=O) groups excluding carboxylic acids is 1. The first-order valence-corrected chi connectivity index (χ1v) is 7.83. The van der Waals surface area contributed by atoms with E-state index in [1.807, 2.05) is 24.6 Å². The number of hydrogen-bond donors (Lipinski definition) is 2. The summed E-state index contributed by atoms with van der Waals surface area (Å²) < 4.78 is 5.13. The number of ether oxygens (including phenoxy) is 1. The Morgan fingerprint density at radius 1 is 1.43 bits per heavy atom. The fraction of sp³-hybridized carbons (Fsp3) is 0.267. The Balaban J connectivity index is 2.01. The van der Waals surface area contributed by atoms with Gasteiger partial charge in [0, 0.05) is 12.1 Å². The Hall–Kier alpha value is -2.45. The van der Waals surface area contributed by atoms with Crippen LogP contribution in [0.4, 0.5) is 11.4 Å². The maximum absolute atomic E-state index is 12.1. The second kappa shape index (κ2) is 7.70. The second-order valence-electron chi connectivity index (χ2n) is 5.08. The van der Waals surface area contributed by atoms with Gasteiger partial charge in [0.2, 0.25) is 0 Å². The quantitative estimate of drug-likeness (QED) is 0.590. The van der Waals surface area contributed by atoms with E-state index in [0.29, 0.717) is 11.4 Å². The summed E-state index contributed by atoms with van der Waals surface area (Å²) in [6, 6.07) is 8.10. The SMILES string of the molecule is COc1ccc([N+](=O)[O-])cc1NC(=O)C[NH+](C)Cc1cccs1. The van der Waals surface area contributed by atoms with Crippen molar-refractivity contribution in [2.75, 3.05) is 26.0 Å². The molecule has 0 aliphatic carbocycles. The van der Waals surface area contributed by atoms with Gasteiger partial charge in [0.1, 0.15) is 12.3 Å². The highest BCUT2D eigenvalue weighted by Crippen LogP contribution is 2.28. The molecule has 0 aliphatic rings. The van der Waals surface area contributed by atoms with Gasteiger partial charge in [-0.1, -0.05) is 6.07 Å². The first-order valence-electron chi connectivity index (χ1n) is 6.95. The molecule has 1 heterocycles. The smallest absolute Gasteiger partial charge is 0.279 e. The number of nitro benzene ring substituents is 1. The normalized spacial score (nSPS) is 11.7. The molecule has 7 nitrogen and oxygen atoms in total. The van der Waals surface area contributed by atoms with Crippen LogP contribution in [0.5, 0.6) is 5.75 Å². The monoisotopic (exact) mass is 336 g/mol. The molecular weight excluding hydrogens is 318 g/mol. The predicted octanol–water partition coefficient (Wildman–Crippen LogP) is 1.32. The Morgan fingerprint density at radius 3 is 2.83 bits per heavy atom. The lowest BCUT2D eigenvalue weighted by Gasteiger charge is -2.14. The molecular formula is C15H18N3O4S+. The van der Waals surface area contributed by atoms with E-state index in [9.17, 15) is 14.9 Å². The van der Waals surface area contributed by atoms with Gasteiger partial charge in [0.15, 0.2) is 6.54 Å². The highest BCUT2D eigenvalue weighted by atomic mass is 32.1. The van der Waals surface area contributed by atoms with Crippen LogP contribution < -0.4 is 15.0 Å². The van der Waals surface area contributed by atoms with Crippen LogP contribution in [0.25, 0.3) is 0 Å². The van der Waals surface area contributed by atoms with Gasteiger partial charge in [-0.15, -0.1) is 11.3 Å². The topological polar surface area (TPSA) is 85.9 Å². The fourth-order valence-corrected chi connectivity index (χ4v) is 2.97. The summed E-state index contributed by atoms with van der Waals surface area (Å²) in [6.45, 7) is 1.00. The Bertz CT molecular complexity index is 688. The third-order valence-electron chi connectivity index (χ3n) is 3.19. The second-order valence-corrected chi connectivity index (χ2v) is 6.11.